The minimum absolute atomic E-state index is 0.166. The monoisotopic (exact) mass is 193 g/mol. The normalized spacial score (nSPS) is 9.57. The van der Waals surface area contributed by atoms with E-state index in [1.165, 1.54) is 0 Å². The summed E-state index contributed by atoms with van der Waals surface area (Å²) in [7, 11) is 0. The van der Waals surface area contributed by atoms with Crippen molar-refractivity contribution in [1.29, 1.82) is 0 Å². The summed E-state index contributed by atoms with van der Waals surface area (Å²) in [5.41, 5.74) is 1.76. The molecule has 2 N–H and O–H groups in total. The molecule has 0 radical (unpaired) electrons. The van der Waals surface area contributed by atoms with Gasteiger partial charge in [0.25, 0.3) is 0 Å². The highest BCUT2D eigenvalue weighted by atomic mass is 16.2. The summed E-state index contributed by atoms with van der Waals surface area (Å²) in [5.74, 6) is 0. The number of nitrogens with one attached hydrogen (secondary N) is 2. The molecule has 14 heavy (non-hydrogen) atoms. The molecule has 1 aromatic rings. The molecule has 0 saturated carbocycles. The molecule has 0 atom stereocenters. The second-order valence-corrected chi connectivity index (χ2v) is 3.07. The van der Waals surface area contributed by atoms with E-state index >= 15 is 0 Å². The Balaban J connectivity index is 2.52. The van der Waals surface area contributed by atoms with Gasteiger partial charge in [-0.3, -0.25) is 4.98 Å². The third kappa shape index (κ3) is 3.05. The maximum absolute atomic E-state index is 11.3. The largest absolute Gasteiger partial charge is 0.338 e. The van der Waals surface area contributed by atoms with Gasteiger partial charge in [0.05, 0.1) is 0 Å². The van der Waals surface area contributed by atoms with Crippen LogP contribution in [0, 0.1) is 6.92 Å². The molecular weight excluding hydrogens is 178 g/mol. The van der Waals surface area contributed by atoms with E-state index < -0.39 is 0 Å². The van der Waals surface area contributed by atoms with Crippen LogP contribution in [-0.2, 0) is 0 Å². The number of anilines is 1. The number of hydrogen-bond donors (Lipinski definition) is 2. The van der Waals surface area contributed by atoms with Gasteiger partial charge in [-0.1, -0.05) is 6.92 Å². The van der Waals surface area contributed by atoms with E-state index in [2.05, 4.69) is 15.6 Å². The number of urea groups is 1. The Morgan fingerprint density at radius 3 is 3.00 bits per heavy atom. The number of carbonyl (C=O) groups excluding carboxylic acids is 1. The number of hydrogen-bond acceptors (Lipinski definition) is 2. The zero-order valence-electron chi connectivity index (χ0n) is 8.50. The lowest BCUT2D eigenvalue weighted by molar-refractivity contribution is 0.252. The molecule has 0 aromatic carbocycles. The summed E-state index contributed by atoms with van der Waals surface area (Å²) < 4.78 is 0. The van der Waals surface area contributed by atoms with Gasteiger partial charge in [-0.05, 0) is 25.0 Å². The molecule has 0 saturated heterocycles. The van der Waals surface area contributed by atoms with Crippen LogP contribution in [0.15, 0.2) is 18.5 Å². The smallest absolute Gasteiger partial charge is 0.319 e. The molecule has 0 fully saturated rings. The van der Waals surface area contributed by atoms with Gasteiger partial charge < -0.3 is 10.6 Å². The molecule has 4 heteroatoms. The molecule has 1 rings (SSSR count). The molecule has 4 nitrogen and oxygen atoms in total. The van der Waals surface area contributed by atoms with E-state index in [0.717, 1.165) is 17.7 Å². The van der Waals surface area contributed by atoms with E-state index in [1.807, 2.05) is 13.8 Å². The zero-order chi connectivity index (χ0) is 10.4. The fourth-order valence-electron chi connectivity index (χ4n) is 1.02. The standard InChI is InChI=1S/C10H15N3O/c1-3-5-12-10(14)13-9-4-6-11-7-8(9)2/h4,6-7H,3,5H2,1-2H3,(H2,11,12,13,14). The van der Waals surface area contributed by atoms with Crippen molar-refractivity contribution < 1.29 is 4.79 Å². The number of nitrogens with zero attached hydrogens (tertiary/aromatic N) is 1. The van der Waals surface area contributed by atoms with Gasteiger partial charge in [-0.2, -0.15) is 0 Å². The van der Waals surface area contributed by atoms with Gasteiger partial charge >= 0.3 is 6.03 Å². The van der Waals surface area contributed by atoms with Gasteiger partial charge in [0, 0.05) is 24.6 Å². The topological polar surface area (TPSA) is 54.0 Å². The highest BCUT2D eigenvalue weighted by Crippen LogP contribution is 2.10. The molecule has 0 aliphatic heterocycles. The fraction of sp³-hybridized carbons (Fsp3) is 0.400. The third-order valence-corrected chi connectivity index (χ3v) is 1.80. The molecule has 1 heterocycles. The predicted molar refractivity (Wildman–Crippen MR) is 56.3 cm³/mol. The average molecular weight is 193 g/mol. The number of pyridine rings is 1. The van der Waals surface area contributed by atoms with Gasteiger partial charge in [-0.15, -0.1) is 0 Å². The van der Waals surface area contributed by atoms with Crippen molar-refractivity contribution in [3.05, 3.63) is 24.0 Å². The summed E-state index contributed by atoms with van der Waals surface area (Å²) in [6.45, 7) is 4.61. The van der Waals surface area contributed by atoms with E-state index in [9.17, 15) is 4.79 Å². The lowest BCUT2D eigenvalue weighted by Crippen LogP contribution is -2.29. The SMILES string of the molecule is CCCNC(=O)Nc1ccncc1C. The Morgan fingerprint density at radius 1 is 1.57 bits per heavy atom. The summed E-state index contributed by atoms with van der Waals surface area (Å²) in [6.07, 6.45) is 4.31. The second kappa shape index (κ2) is 5.21. The third-order valence-electron chi connectivity index (χ3n) is 1.80. The van der Waals surface area contributed by atoms with Gasteiger partial charge in [0.15, 0.2) is 0 Å². The average Bonchev–Trinajstić information content (AvgIpc) is 2.18. The van der Waals surface area contributed by atoms with Crippen LogP contribution in [0.3, 0.4) is 0 Å². The van der Waals surface area contributed by atoms with Crippen LogP contribution in [0.2, 0.25) is 0 Å². The first-order valence-corrected chi connectivity index (χ1v) is 4.69. The number of carbonyl (C=O) groups is 1. The molecule has 0 unspecified atom stereocenters. The highest BCUT2D eigenvalue weighted by molar-refractivity contribution is 5.89. The van der Waals surface area contributed by atoms with Crippen LogP contribution in [0.1, 0.15) is 18.9 Å². The van der Waals surface area contributed by atoms with Crippen molar-refractivity contribution in [2.75, 3.05) is 11.9 Å². The first kappa shape index (κ1) is 10.5. The molecule has 0 spiro atoms. The van der Waals surface area contributed by atoms with Crippen LogP contribution < -0.4 is 10.6 Å². The highest BCUT2D eigenvalue weighted by Gasteiger charge is 2.01. The van der Waals surface area contributed by atoms with Crippen LogP contribution in [0.5, 0.6) is 0 Å². The van der Waals surface area contributed by atoms with Crippen molar-refractivity contribution in [2.45, 2.75) is 20.3 Å². The first-order chi connectivity index (χ1) is 6.74. The Hall–Kier alpha value is -1.58. The van der Waals surface area contributed by atoms with E-state index in [-0.39, 0.29) is 6.03 Å². The number of amides is 2. The van der Waals surface area contributed by atoms with Gasteiger partial charge in [0.1, 0.15) is 0 Å². The Kier molecular flexibility index (Phi) is 3.91. The number of rotatable bonds is 3. The van der Waals surface area contributed by atoms with Crippen molar-refractivity contribution in [1.82, 2.24) is 10.3 Å². The molecule has 0 aliphatic carbocycles. The summed E-state index contributed by atoms with van der Waals surface area (Å²) in [5, 5.41) is 5.49. The van der Waals surface area contributed by atoms with E-state index in [4.69, 9.17) is 0 Å². The molecule has 2 amide bonds. The van der Waals surface area contributed by atoms with Crippen molar-refractivity contribution in [3.8, 4) is 0 Å². The van der Waals surface area contributed by atoms with Crippen molar-refractivity contribution >= 4 is 11.7 Å². The van der Waals surface area contributed by atoms with Crippen LogP contribution in [0.4, 0.5) is 10.5 Å². The van der Waals surface area contributed by atoms with Crippen LogP contribution in [0.25, 0.3) is 0 Å². The van der Waals surface area contributed by atoms with E-state index in [1.54, 1.807) is 18.5 Å². The second-order valence-electron chi connectivity index (χ2n) is 3.07. The van der Waals surface area contributed by atoms with Gasteiger partial charge in [0.2, 0.25) is 0 Å². The van der Waals surface area contributed by atoms with Crippen LogP contribution >= 0.6 is 0 Å². The Labute approximate surface area is 83.7 Å². The molecule has 1 aromatic heterocycles. The molecular formula is C10H15N3O. The lowest BCUT2D eigenvalue weighted by atomic mass is 10.2. The molecule has 76 valence electrons. The minimum Gasteiger partial charge on any atom is -0.338 e. The number of aryl methyl sites for hydroxylation is 1. The zero-order valence-corrected chi connectivity index (χ0v) is 8.50. The Bertz CT molecular complexity index is 312. The molecule has 0 aliphatic rings. The van der Waals surface area contributed by atoms with E-state index in [0.29, 0.717) is 6.54 Å². The fourth-order valence-corrected chi connectivity index (χ4v) is 1.02. The quantitative estimate of drug-likeness (QED) is 0.770. The minimum atomic E-state index is -0.166. The van der Waals surface area contributed by atoms with Crippen molar-refractivity contribution in [3.63, 3.8) is 0 Å². The summed E-state index contributed by atoms with van der Waals surface area (Å²) in [6, 6.07) is 1.61. The van der Waals surface area contributed by atoms with Crippen molar-refractivity contribution in [2.24, 2.45) is 0 Å². The summed E-state index contributed by atoms with van der Waals surface area (Å²) in [4.78, 5) is 15.2. The first-order valence-electron chi connectivity index (χ1n) is 4.69. The maximum atomic E-state index is 11.3. The maximum Gasteiger partial charge on any atom is 0.319 e. The molecule has 0 bridgehead atoms. The lowest BCUT2D eigenvalue weighted by Gasteiger charge is -2.08. The predicted octanol–water partition coefficient (Wildman–Crippen LogP) is 1.92. The number of aromatic nitrogens is 1. The van der Waals surface area contributed by atoms with Gasteiger partial charge in [-0.25, -0.2) is 4.79 Å². The summed E-state index contributed by atoms with van der Waals surface area (Å²) >= 11 is 0. The van der Waals surface area contributed by atoms with Crippen LogP contribution in [-0.4, -0.2) is 17.6 Å². The Morgan fingerprint density at radius 2 is 2.36 bits per heavy atom.